The standard InChI is InChI=1S/C14H17ClN2O4/c1-9(6-12(16)14(19)20)7-17-13(18)8-21-11-4-2-10(15)3-5-11/h2-5,9,16H,6-8H2,1H3,(H,17,18)(H,19,20). The van der Waals surface area contributed by atoms with E-state index >= 15 is 0 Å². The van der Waals surface area contributed by atoms with Gasteiger partial charge in [-0.2, -0.15) is 0 Å². The van der Waals surface area contributed by atoms with Gasteiger partial charge in [-0.1, -0.05) is 18.5 Å². The van der Waals surface area contributed by atoms with Crippen LogP contribution in [-0.4, -0.2) is 35.8 Å². The maximum absolute atomic E-state index is 11.6. The molecule has 0 heterocycles. The summed E-state index contributed by atoms with van der Waals surface area (Å²) >= 11 is 5.73. The molecular weight excluding hydrogens is 296 g/mol. The quantitative estimate of drug-likeness (QED) is 0.639. The van der Waals surface area contributed by atoms with E-state index in [-0.39, 0.29) is 30.6 Å². The molecule has 0 saturated carbocycles. The molecule has 21 heavy (non-hydrogen) atoms. The lowest BCUT2D eigenvalue weighted by Gasteiger charge is -2.12. The minimum Gasteiger partial charge on any atom is -0.484 e. The van der Waals surface area contributed by atoms with E-state index in [2.05, 4.69) is 5.32 Å². The summed E-state index contributed by atoms with van der Waals surface area (Å²) in [7, 11) is 0. The van der Waals surface area contributed by atoms with E-state index in [4.69, 9.17) is 26.9 Å². The van der Waals surface area contributed by atoms with Gasteiger partial charge in [0.25, 0.3) is 5.91 Å². The summed E-state index contributed by atoms with van der Waals surface area (Å²) < 4.78 is 5.27. The molecular formula is C14H17ClN2O4. The number of carboxylic acid groups (broad SMARTS) is 1. The topological polar surface area (TPSA) is 99.5 Å². The molecule has 7 heteroatoms. The Morgan fingerprint density at radius 2 is 2.00 bits per heavy atom. The number of hydrogen-bond acceptors (Lipinski definition) is 4. The van der Waals surface area contributed by atoms with Gasteiger partial charge < -0.3 is 15.2 Å². The molecule has 0 bridgehead atoms. The van der Waals surface area contributed by atoms with Crippen LogP contribution in [0.25, 0.3) is 0 Å². The molecule has 0 spiro atoms. The Bertz CT molecular complexity index is 516. The Labute approximate surface area is 127 Å². The normalized spacial score (nSPS) is 11.5. The fourth-order valence-electron chi connectivity index (χ4n) is 1.53. The zero-order valence-corrected chi connectivity index (χ0v) is 12.3. The van der Waals surface area contributed by atoms with Gasteiger partial charge in [-0.3, -0.25) is 10.2 Å². The Morgan fingerprint density at radius 1 is 1.38 bits per heavy atom. The third-order valence-corrected chi connectivity index (χ3v) is 2.89. The zero-order valence-electron chi connectivity index (χ0n) is 11.6. The number of ether oxygens (including phenoxy) is 1. The molecule has 0 aromatic heterocycles. The largest absolute Gasteiger partial charge is 0.484 e. The molecule has 1 amide bonds. The van der Waals surface area contributed by atoms with Crippen LogP contribution in [0, 0.1) is 11.3 Å². The van der Waals surface area contributed by atoms with Gasteiger partial charge in [-0.15, -0.1) is 0 Å². The monoisotopic (exact) mass is 312 g/mol. The summed E-state index contributed by atoms with van der Waals surface area (Å²) in [6.07, 6.45) is 0.105. The van der Waals surface area contributed by atoms with Crippen molar-refractivity contribution in [2.75, 3.05) is 13.2 Å². The van der Waals surface area contributed by atoms with Gasteiger partial charge >= 0.3 is 5.97 Å². The average molecular weight is 313 g/mol. The lowest BCUT2D eigenvalue weighted by molar-refractivity contribution is -0.129. The fraction of sp³-hybridized carbons (Fsp3) is 0.357. The summed E-state index contributed by atoms with van der Waals surface area (Å²) in [6, 6.07) is 6.64. The summed E-state index contributed by atoms with van der Waals surface area (Å²) in [5.41, 5.74) is -0.367. The van der Waals surface area contributed by atoms with Gasteiger partial charge in [0.05, 0.1) is 0 Å². The SMILES string of the molecule is CC(CNC(=O)COc1ccc(Cl)cc1)CC(=N)C(=O)O. The van der Waals surface area contributed by atoms with E-state index in [1.807, 2.05) is 0 Å². The maximum Gasteiger partial charge on any atom is 0.349 e. The Balaban J connectivity index is 2.26. The van der Waals surface area contributed by atoms with Crippen LogP contribution < -0.4 is 10.1 Å². The minimum atomic E-state index is -1.24. The van der Waals surface area contributed by atoms with Crippen molar-refractivity contribution in [2.24, 2.45) is 5.92 Å². The summed E-state index contributed by atoms with van der Waals surface area (Å²) in [6.45, 7) is 1.92. The number of carbonyl (C=O) groups is 2. The summed E-state index contributed by atoms with van der Waals surface area (Å²) in [5.74, 6) is -1.14. The molecule has 1 unspecified atom stereocenters. The molecule has 114 valence electrons. The van der Waals surface area contributed by atoms with Crippen LogP contribution in [0.4, 0.5) is 0 Å². The molecule has 0 aliphatic carbocycles. The number of halogens is 1. The fourth-order valence-corrected chi connectivity index (χ4v) is 1.65. The highest BCUT2D eigenvalue weighted by Crippen LogP contribution is 2.15. The number of nitrogens with one attached hydrogen (secondary N) is 2. The highest BCUT2D eigenvalue weighted by molar-refractivity contribution is 6.34. The second-order valence-corrected chi connectivity index (χ2v) is 5.08. The number of amides is 1. The van der Waals surface area contributed by atoms with Crippen molar-refractivity contribution in [3.05, 3.63) is 29.3 Å². The second kappa shape index (κ2) is 8.26. The van der Waals surface area contributed by atoms with E-state index in [1.165, 1.54) is 0 Å². The number of carbonyl (C=O) groups excluding carboxylic acids is 1. The van der Waals surface area contributed by atoms with Crippen molar-refractivity contribution in [1.29, 1.82) is 5.41 Å². The first-order valence-corrected chi connectivity index (χ1v) is 6.72. The number of carboxylic acids is 1. The van der Waals surface area contributed by atoms with Crippen LogP contribution in [0.1, 0.15) is 13.3 Å². The van der Waals surface area contributed by atoms with E-state index < -0.39 is 5.97 Å². The molecule has 6 nitrogen and oxygen atoms in total. The van der Waals surface area contributed by atoms with E-state index in [0.29, 0.717) is 17.3 Å². The van der Waals surface area contributed by atoms with E-state index in [9.17, 15) is 9.59 Å². The molecule has 1 rings (SSSR count). The van der Waals surface area contributed by atoms with E-state index in [1.54, 1.807) is 31.2 Å². The number of rotatable bonds is 8. The molecule has 0 fully saturated rings. The van der Waals surface area contributed by atoms with Crippen molar-refractivity contribution < 1.29 is 19.4 Å². The molecule has 0 aliphatic heterocycles. The first kappa shape index (κ1) is 17.0. The number of hydrogen-bond donors (Lipinski definition) is 3. The summed E-state index contributed by atoms with van der Waals surface area (Å²) in [4.78, 5) is 22.1. The molecule has 3 N–H and O–H groups in total. The minimum absolute atomic E-state index is 0.105. The van der Waals surface area contributed by atoms with Crippen LogP contribution >= 0.6 is 11.6 Å². The van der Waals surface area contributed by atoms with Gasteiger partial charge in [0.15, 0.2) is 6.61 Å². The van der Waals surface area contributed by atoms with Crippen LogP contribution in [0.2, 0.25) is 5.02 Å². The predicted molar refractivity (Wildman–Crippen MR) is 79.1 cm³/mol. The highest BCUT2D eigenvalue weighted by Gasteiger charge is 2.13. The van der Waals surface area contributed by atoms with Crippen LogP contribution in [0.3, 0.4) is 0 Å². The van der Waals surface area contributed by atoms with Crippen LogP contribution in [0.5, 0.6) is 5.75 Å². The lowest BCUT2D eigenvalue weighted by atomic mass is 10.0. The molecule has 0 aliphatic rings. The lowest BCUT2D eigenvalue weighted by Crippen LogP contribution is -2.33. The van der Waals surface area contributed by atoms with Crippen molar-refractivity contribution in [2.45, 2.75) is 13.3 Å². The Kier molecular flexibility index (Phi) is 6.68. The van der Waals surface area contributed by atoms with Crippen molar-refractivity contribution in [3.63, 3.8) is 0 Å². The van der Waals surface area contributed by atoms with Crippen molar-refractivity contribution >= 4 is 29.2 Å². The van der Waals surface area contributed by atoms with Gasteiger partial charge in [0, 0.05) is 18.0 Å². The molecule has 0 saturated heterocycles. The first-order valence-electron chi connectivity index (χ1n) is 6.34. The van der Waals surface area contributed by atoms with Gasteiger partial charge in [-0.25, -0.2) is 4.79 Å². The highest BCUT2D eigenvalue weighted by atomic mass is 35.5. The van der Waals surface area contributed by atoms with Crippen molar-refractivity contribution in [1.82, 2.24) is 5.32 Å². The van der Waals surface area contributed by atoms with Crippen LogP contribution in [0.15, 0.2) is 24.3 Å². The Morgan fingerprint density at radius 3 is 2.57 bits per heavy atom. The first-order chi connectivity index (χ1) is 9.88. The third-order valence-electron chi connectivity index (χ3n) is 2.64. The Hall–Kier alpha value is -2.08. The van der Waals surface area contributed by atoms with Gasteiger partial charge in [-0.05, 0) is 30.2 Å². The second-order valence-electron chi connectivity index (χ2n) is 4.64. The molecule has 0 radical (unpaired) electrons. The van der Waals surface area contributed by atoms with Crippen LogP contribution in [-0.2, 0) is 9.59 Å². The zero-order chi connectivity index (χ0) is 15.8. The smallest absolute Gasteiger partial charge is 0.349 e. The maximum atomic E-state index is 11.6. The number of aliphatic carboxylic acids is 1. The van der Waals surface area contributed by atoms with Gasteiger partial charge in [0.2, 0.25) is 0 Å². The average Bonchev–Trinajstić information content (AvgIpc) is 2.44. The molecule has 1 aromatic rings. The van der Waals surface area contributed by atoms with Crippen molar-refractivity contribution in [3.8, 4) is 5.75 Å². The van der Waals surface area contributed by atoms with Gasteiger partial charge in [0.1, 0.15) is 11.5 Å². The predicted octanol–water partition coefficient (Wildman–Crippen LogP) is 1.97. The van der Waals surface area contributed by atoms with E-state index in [0.717, 1.165) is 0 Å². The third kappa shape index (κ3) is 6.76. The molecule has 1 aromatic carbocycles. The number of benzene rings is 1. The molecule has 1 atom stereocenters. The summed E-state index contributed by atoms with van der Waals surface area (Å²) in [5, 5.41) is 19.0.